The van der Waals surface area contributed by atoms with E-state index in [1.54, 1.807) is 12.1 Å². The zero-order chi connectivity index (χ0) is 14.5. The van der Waals surface area contributed by atoms with Crippen LogP contribution in [0.5, 0.6) is 0 Å². The lowest BCUT2D eigenvalue weighted by molar-refractivity contribution is -0.120. The fourth-order valence-corrected chi connectivity index (χ4v) is 2.81. The van der Waals surface area contributed by atoms with E-state index in [-0.39, 0.29) is 17.6 Å². The van der Waals surface area contributed by atoms with Gasteiger partial charge < -0.3 is 5.32 Å². The molecule has 1 unspecified atom stereocenters. The molecular weight excluding hydrogens is 323 g/mol. The van der Waals surface area contributed by atoms with Crippen molar-refractivity contribution >= 4 is 27.5 Å². The molecule has 1 heterocycles. The number of nitrogens with one attached hydrogen (secondary N) is 1. The molecule has 1 aromatic carbocycles. The average molecular weight is 343 g/mol. The molecule has 1 saturated heterocycles. The third-order valence-electron chi connectivity index (χ3n) is 3.76. The Morgan fingerprint density at radius 1 is 1.30 bits per heavy atom. The zero-order valence-electron chi connectivity index (χ0n) is 11.7. The first kappa shape index (κ1) is 15.4. The first-order valence-electron chi connectivity index (χ1n) is 7.08. The van der Waals surface area contributed by atoms with Crippen LogP contribution in [0.4, 0.5) is 10.1 Å². The summed E-state index contributed by atoms with van der Waals surface area (Å²) in [5.74, 6) is -0.566. The molecule has 110 valence electrons. The number of carbonyl (C=O) groups excluding carboxylic acids is 1. The summed E-state index contributed by atoms with van der Waals surface area (Å²) in [4.78, 5) is 14.4. The van der Waals surface area contributed by atoms with Crippen molar-refractivity contribution in [3.63, 3.8) is 0 Å². The van der Waals surface area contributed by atoms with E-state index in [1.165, 1.54) is 18.9 Å². The molecule has 5 heteroatoms. The fourth-order valence-electron chi connectivity index (χ4n) is 2.48. The van der Waals surface area contributed by atoms with Crippen LogP contribution in [-0.2, 0) is 4.79 Å². The fraction of sp³-hybridized carbons (Fsp3) is 0.533. The van der Waals surface area contributed by atoms with E-state index >= 15 is 0 Å². The number of amides is 1. The number of anilines is 1. The number of benzene rings is 1. The first-order chi connectivity index (χ1) is 9.58. The van der Waals surface area contributed by atoms with Gasteiger partial charge in [-0.15, -0.1) is 0 Å². The Hall–Kier alpha value is -0.940. The SMILES string of the molecule is CC(C(=O)Nc1ccc(Br)cc1F)N1CCCCCC1. The number of nitrogens with zero attached hydrogens (tertiary/aromatic N) is 1. The second kappa shape index (κ2) is 7.18. The van der Waals surface area contributed by atoms with E-state index in [0.29, 0.717) is 4.47 Å². The standard InChI is InChI=1S/C15H20BrFN2O/c1-11(19-8-4-2-3-5-9-19)15(20)18-14-7-6-12(16)10-13(14)17/h6-7,10-11H,2-5,8-9H2,1H3,(H,18,20). The van der Waals surface area contributed by atoms with Crippen LogP contribution in [0.3, 0.4) is 0 Å². The molecule has 20 heavy (non-hydrogen) atoms. The maximum atomic E-state index is 13.7. The molecule has 0 aromatic heterocycles. The molecule has 1 fully saturated rings. The molecule has 0 radical (unpaired) electrons. The lowest BCUT2D eigenvalue weighted by Crippen LogP contribution is -2.42. The van der Waals surface area contributed by atoms with Gasteiger partial charge in [0.25, 0.3) is 0 Å². The minimum atomic E-state index is -0.421. The lowest BCUT2D eigenvalue weighted by atomic mass is 10.2. The van der Waals surface area contributed by atoms with E-state index in [1.807, 2.05) is 6.92 Å². The minimum absolute atomic E-state index is 0.145. The number of rotatable bonds is 3. The first-order valence-corrected chi connectivity index (χ1v) is 7.87. The van der Waals surface area contributed by atoms with Gasteiger partial charge in [0.15, 0.2) is 0 Å². The number of likely N-dealkylation sites (tertiary alicyclic amines) is 1. The second-order valence-electron chi connectivity index (χ2n) is 5.24. The highest BCUT2D eigenvalue weighted by molar-refractivity contribution is 9.10. The van der Waals surface area contributed by atoms with Crippen molar-refractivity contribution in [2.45, 2.75) is 38.6 Å². The molecule has 0 aliphatic carbocycles. The van der Waals surface area contributed by atoms with Crippen molar-refractivity contribution in [3.8, 4) is 0 Å². The van der Waals surface area contributed by atoms with Gasteiger partial charge in [-0.05, 0) is 51.1 Å². The molecule has 0 spiro atoms. The molecule has 1 aromatic rings. The van der Waals surface area contributed by atoms with E-state index in [0.717, 1.165) is 25.9 Å². The normalized spacial score (nSPS) is 18.4. The van der Waals surface area contributed by atoms with Crippen LogP contribution in [0.25, 0.3) is 0 Å². The van der Waals surface area contributed by atoms with Crippen molar-refractivity contribution in [2.75, 3.05) is 18.4 Å². The second-order valence-corrected chi connectivity index (χ2v) is 6.16. The highest BCUT2D eigenvalue weighted by atomic mass is 79.9. The Bertz CT molecular complexity index is 473. The lowest BCUT2D eigenvalue weighted by Gasteiger charge is -2.26. The van der Waals surface area contributed by atoms with Gasteiger partial charge >= 0.3 is 0 Å². The Balaban J connectivity index is 1.99. The number of hydrogen-bond acceptors (Lipinski definition) is 2. The van der Waals surface area contributed by atoms with Gasteiger partial charge in [-0.2, -0.15) is 0 Å². The Morgan fingerprint density at radius 2 is 1.95 bits per heavy atom. The molecule has 1 aliphatic rings. The van der Waals surface area contributed by atoms with E-state index in [4.69, 9.17) is 0 Å². The summed E-state index contributed by atoms with van der Waals surface area (Å²) in [7, 11) is 0. The van der Waals surface area contributed by atoms with Gasteiger partial charge in [0, 0.05) is 4.47 Å². The number of carbonyl (C=O) groups is 1. The summed E-state index contributed by atoms with van der Waals surface area (Å²) in [5.41, 5.74) is 0.236. The van der Waals surface area contributed by atoms with E-state index in [2.05, 4.69) is 26.1 Å². The summed E-state index contributed by atoms with van der Waals surface area (Å²) < 4.78 is 14.4. The van der Waals surface area contributed by atoms with Gasteiger partial charge in [0.2, 0.25) is 5.91 Å². The van der Waals surface area contributed by atoms with Crippen molar-refractivity contribution in [1.82, 2.24) is 4.90 Å². The molecule has 0 saturated carbocycles. The van der Waals surface area contributed by atoms with Gasteiger partial charge in [-0.25, -0.2) is 4.39 Å². The van der Waals surface area contributed by atoms with Crippen LogP contribution >= 0.6 is 15.9 Å². The van der Waals surface area contributed by atoms with Gasteiger partial charge in [0.1, 0.15) is 5.82 Å². The summed E-state index contributed by atoms with van der Waals surface area (Å²) in [5, 5.41) is 2.68. The van der Waals surface area contributed by atoms with Crippen LogP contribution < -0.4 is 5.32 Å². The van der Waals surface area contributed by atoms with Crippen LogP contribution in [0.1, 0.15) is 32.6 Å². The molecule has 3 nitrogen and oxygen atoms in total. The van der Waals surface area contributed by atoms with E-state index in [9.17, 15) is 9.18 Å². The number of halogens is 2. The van der Waals surface area contributed by atoms with Crippen LogP contribution in [-0.4, -0.2) is 29.9 Å². The van der Waals surface area contributed by atoms with Crippen molar-refractivity contribution in [3.05, 3.63) is 28.5 Å². The Labute approximate surface area is 127 Å². The van der Waals surface area contributed by atoms with Crippen molar-refractivity contribution in [2.24, 2.45) is 0 Å². The Kier molecular flexibility index (Phi) is 5.54. The van der Waals surface area contributed by atoms with Crippen molar-refractivity contribution < 1.29 is 9.18 Å². The summed E-state index contributed by atoms with van der Waals surface area (Å²) in [6, 6.07) is 4.42. The highest BCUT2D eigenvalue weighted by Gasteiger charge is 2.22. The quantitative estimate of drug-likeness (QED) is 0.906. The maximum absolute atomic E-state index is 13.7. The topological polar surface area (TPSA) is 32.3 Å². The van der Waals surface area contributed by atoms with Crippen LogP contribution in [0.2, 0.25) is 0 Å². The predicted octanol–water partition coefficient (Wildman–Crippen LogP) is 3.79. The Morgan fingerprint density at radius 3 is 2.55 bits per heavy atom. The molecule has 1 aliphatic heterocycles. The van der Waals surface area contributed by atoms with Crippen LogP contribution in [0, 0.1) is 5.82 Å². The monoisotopic (exact) mass is 342 g/mol. The molecule has 1 N–H and O–H groups in total. The van der Waals surface area contributed by atoms with Crippen LogP contribution in [0.15, 0.2) is 22.7 Å². The average Bonchev–Trinajstić information content (AvgIpc) is 2.70. The van der Waals surface area contributed by atoms with Gasteiger partial charge in [-0.3, -0.25) is 9.69 Å². The van der Waals surface area contributed by atoms with Gasteiger partial charge in [0.05, 0.1) is 11.7 Å². The summed E-state index contributed by atoms with van der Waals surface area (Å²) in [6.45, 7) is 3.77. The smallest absolute Gasteiger partial charge is 0.241 e. The maximum Gasteiger partial charge on any atom is 0.241 e. The van der Waals surface area contributed by atoms with Crippen molar-refractivity contribution in [1.29, 1.82) is 0 Å². The molecule has 1 atom stereocenters. The zero-order valence-corrected chi connectivity index (χ0v) is 13.2. The third kappa shape index (κ3) is 4.03. The molecule has 2 rings (SSSR count). The molecular formula is C15H20BrFN2O. The number of hydrogen-bond donors (Lipinski definition) is 1. The summed E-state index contributed by atoms with van der Waals surface area (Å²) >= 11 is 3.20. The third-order valence-corrected chi connectivity index (χ3v) is 4.25. The molecule has 1 amide bonds. The largest absolute Gasteiger partial charge is 0.322 e. The van der Waals surface area contributed by atoms with Gasteiger partial charge in [-0.1, -0.05) is 28.8 Å². The molecule has 0 bridgehead atoms. The predicted molar refractivity (Wildman–Crippen MR) is 82.2 cm³/mol. The minimum Gasteiger partial charge on any atom is -0.322 e. The summed E-state index contributed by atoms with van der Waals surface area (Å²) in [6.07, 6.45) is 4.72. The van der Waals surface area contributed by atoms with E-state index < -0.39 is 5.82 Å². The highest BCUT2D eigenvalue weighted by Crippen LogP contribution is 2.20.